The Hall–Kier alpha value is -1.69. The van der Waals surface area contributed by atoms with Crippen LogP contribution in [-0.2, 0) is 4.74 Å². The molecule has 2 rings (SSSR count). The van der Waals surface area contributed by atoms with Crippen molar-refractivity contribution >= 4 is 5.97 Å². The zero-order chi connectivity index (χ0) is 15.6. The fourth-order valence-electron chi connectivity index (χ4n) is 2.52. The molecule has 116 valence electrons. The van der Waals surface area contributed by atoms with Gasteiger partial charge in [-0.05, 0) is 13.8 Å². The lowest BCUT2D eigenvalue weighted by Gasteiger charge is -2.32. The molecule has 2 heterocycles. The standard InChI is InChI=1S/C15H22N2O4/c1-8(2)14-16-7-12(13(17-14)15(18)19)21-11-5-9(3)20-10(4)6-11/h7-11H,5-6H2,1-4H3,(H,18,19). The van der Waals surface area contributed by atoms with Gasteiger partial charge in [-0.3, -0.25) is 0 Å². The minimum Gasteiger partial charge on any atom is -0.486 e. The fraction of sp³-hybridized carbons (Fsp3) is 0.667. The summed E-state index contributed by atoms with van der Waals surface area (Å²) in [7, 11) is 0. The molecule has 0 radical (unpaired) electrons. The van der Waals surface area contributed by atoms with Gasteiger partial charge in [0, 0.05) is 18.8 Å². The third-order valence-electron chi connectivity index (χ3n) is 3.44. The minimum absolute atomic E-state index is 0.0690. The second-order valence-electron chi connectivity index (χ2n) is 5.87. The van der Waals surface area contributed by atoms with Crippen LogP contribution in [0, 0.1) is 0 Å². The molecule has 1 N–H and O–H groups in total. The van der Waals surface area contributed by atoms with Crippen molar-refractivity contribution in [1.82, 2.24) is 9.97 Å². The molecule has 1 fully saturated rings. The lowest BCUT2D eigenvalue weighted by atomic mass is 10.0. The van der Waals surface area contributed by atoms with Crippen molar-refractivity contribution < 1.29 is 19.4 Å². The first-order valence-corrected chi connectivity index (χ1v) is 7.29. The molecule has 1 aromatic rings. The van der Waals surface area contributed by atoms with Crippen LogP contribution in [0.1, 0.15) is 62.8 Å². The second kappa shape index (κ2) is 6.39. The van der Waals surface area contributed by atoms with Crippen LogP contribution in [0.5, 0.6) is 5.75 Å². The minimum atomic E-state index is -1.09. The number of nitrogens with zero attached hydrogens (tertiary/aromatic N) is 2. The number of rotatable bonds is 4. The fourth-order valence-corrected chi connectivity index (χ4v) is 2.52. The predicted octanol–water partition coefficient (Wildman–Crippen LogP) is 2.63. The van der Waals surface area contributed by atoms with E-state index in [0.29, 0.717) is 5.82 Å². The van der Waals surface area contributed by atoms with Gasteiger partial charge in [-0.15, -0.1) is 0 Å². The van der Waals surface area contributed by atoms with Gasteiger partial charge in [-0.2, -0.15) is 0 Å². The summed E-state index contributed by atoms with van der Waals surface area (Å²) in [5.41, 5.74) is -0.0690. The monoisotopic (exact) mass is 294 g/mol. The quantitative estimate of drug-likeness (QED) is 0.919. The van der Waals surface area contributed by atoms with Gasteiger partial charge in [0.2, 0.25) is 0 Å². The molecule has 1 aliphatic rings. The van der Waals surface area contributed by atoms with Crippen molar-refractivity contribution in [3.63, 3.8) is 0 Å². The van der Waals surface area contributed by atoms with Crippen molar-refractivity contribution in [2.45, 2.75) is 64.8 Å². The first-order valence-electron chi connectivity index (χ1n) is 7.29. The predicted molar refractivity (Wildman–Crippen MR) is 76.7 cm³/mol. The Morgan fingerprint density at radius 2 is 2.00 bits per heavy atom. The normalized spacial score (nSPS) is 25.9. The molecular weight excluding hydrogens is 272 g/mol. The summed E-state index contributed by atoms with van der Waals surface area (Å²) in [6.45, 7) is 7.82. The molecule has 0 aromatic carbocycles. The molecule has 0 bridgehead atoms. The van der Waals surface area contributed by atoms with Gasteiger partial charge in [0.05, 0.1) is 18.4 Å². The maximum absolute atomic E-state index is 11.4. The lowest BCUT2D eigenvalue weighted by Crippen LogP contribution is -2.36. The molecule has 1 aromatic heterocycles. The van der Waals surface area contributed by atoms with Crippen molar-refractivity contribution in [2.75, 3.05) is 0 Å². The van der Waals surface area contributed by atoms with E-state index >= 15 is 0 Å². The van der Waals surface area contributed by atoms with Gasteiger partial charge in [0.25, 0.3) is 0 Å². The van der Waals surface area contributed by atoms with E-state index < -0.39 is 5.97 Å². The number of hydrogen-bond donors (Lipinski definition) is 1. The van der Waals surface area contributed by atoms with Gasteiger partial charge in [0.15, 0.2) is 11.4 Å². The Bertz CT molecular complexity index is 508. The van der Waals surface area contributed by atoms with Crippen LogP contribution >= 0.6 is 0 Å². The van der Waals surface area contributed by atoms with E-state index in [1.807, 2.05) is 27.7 Å². The zero-order valence-corrected chi connectivity index (χ0v) is 12.9. The largest absolute Gasteiger partial charge is 0.486 e. The zero-order valence-electron chi connectivity index (χ0n) is 12.9. The van der Waals surface area contributed by atoms with E-state index in [-0.39, 0.29) is 35.7 Å². The van der Waals surface area contributed by atoms with Crippen LogP contribution in [0.3, 0.4) is 0 Å². The Morgan fingerprint density at radius 3 is 2.52 bits per heavy atom. The molecule has 0 saturated carbocycles. The van der Waals surface area contributed by atoms with Crippen molar-refractivity contribution in [3.05, 3.63) is 17.7 Å². The van der Waals surface area contributed by atoms with Gasteiger partial charge < -0.3 is 14.6 Å². The van der Waals surface area contributed by atoms with Crippen molar-refractivity contribution in [3.8, 4) is 5.75 Å². The summed E-state index contributed by atoms with van der Waals surface area (Å²) in [5, 5.41) is 9.31. The summed E-state index contributed by atoms with van der Waals surface area (Å²) < 4.78 is 11.5. The topological polar surface area (TPSA) is 81.5 Å². The average molecular weight is 294 g/mol. The van der Waals surface area contributed by atoms with Crippen LogP contribution in [0.4, 0.5) is 0 Å². The summed E-state index contributed by atoms with van der Waals surface area (Å²) in [6, 6.07) is 0. The van der Waals surface area contributed by atoms with Crippen LogP contribution < -0.4 is 4.74 Å². The summed E-state index contributed by atoms with van der Waals surface area (Å²) in [4.78, 5) is 19.7. The average Bonchev–Trinajstić information content (AvgIpc) is 2.37. The molecule has 1 saturated heterocycles. The van der Waals surface area contributed by atoms with Gasteiger partial charge in [0.1, 0.15) is 11.9 Å². The van der Waals surface area contributed by atoms with E-state index in [1.165, 1.54) is 6.20 Å². The molecule has 2 unspecified atom stereocenters. The number of carboxylic acid groups (broad SMARTS) is 1. The van der Waals surface area contributed by atoms with Gasteiger partial charge >= 0.3 is 5.97 Å². The van der Waals surface area contributed by atoms with E-state index in [1.54, 1.807) is 0 Å². The van der Waals surface area contributed by atoms with Gasteiger partial charge in [-0.25, -0.2) is 14.8 Å². The number of ether oxygens (including phenoxy) is 2. The summed E-state index contributed by atoms with van der Waals surface area (Å²) in [5.74, 6) is -0.283. The Balaban J connectivity index is 2.21. The third-order valence-corrected chi connectivity index (χ3v) is 3.44. The van der Waals surface area contributed by atoms with Crippen molar-refractivity contribution in [1.29, 1.82) is 0 Å². The molecule has 0 spiro atoms. The van der Waals surface area contributed by atoms with E-state index in [9.17, 15) is 9.90 Å². The molecular formula is C15H22N2O4. The number of aromatic carboxylic acids is 1. The molecule has 6 nitrogen and oxygen atoms in total. The Morgan fingerprint density at radius 1 is 1.38 bits per heavy atom. The molecule has 0 aliphatic carbocycles. The van der Waals surface area contributed by atoms with E-state index in [0.717, 1.165) is 12.8 Å². The number of aromatic nitrogens is 2. The number of hydrogen-bond acceptors (Lipinski definition) is 5. The molecule has 6 heteroatoms. The first-order chi connectivity index (χ1) is 9.86. The maximum atomic E-state index is 11.4. The Labute approximate surface area is 124 Å². The van der Waals surface area contributed by atoms with Crippen LogP contribution in [0.15, 0.2) is 6.20 Å². The van der Waals surface area contributed by atoms with Gasteiger partial charge in [-0.1, -0.05) is 13.8 Å². The smallest absolute Gasteiger partial charge is 0.358 e. The highest BCUT2D eigenvalue weighted by atomic mass is 16.5. The first kappa shape index (κ1) is 15.7. The Kier molecular flexibility index (Phi) is 4.77. The van der Waals surface area contributed by atoms with Crippen LogP contribution in [0.2, 0.25) is 0 Å². The highest BCUT2D eigenvalue weighted by Gasteiger charge is 2.28. The van der Waals surface area contributed by atoms with E-state index in [2.05, 4.69) is 9.97 Å². The third kappa shape index (κ3) is 3.91. The van der Waals surface area contributed by atoms with Crippen LogP contribution in [0.25, 0.3) is 0 Å². The van der Waals surface area contributed by atoms with Crippen LogP contribution in [-0.4, -0.2) is 39.4 Å². The van der Waals surface area contributed by atoms with Crippen molar-refractivity contribution in [2.24, 2.45) is 0 Å². The molecule has 21 heavy (non-hydrogen) atoms. The summed E-state index contributed by atoms with van der Waals surface area (Å²) >= 11 is 0. The SMILES string of the molecule is CC1CC(Oc2cnc(C(C)C)nc2C(=O)O)CC(C)O1. The maximum Gasteiger partial charge on any atom is 0.358 e. The number of carbonyl (C=O) groups is 1. The molecule has 2 atom stereocenters. The molecule has 0 amide bonds. The molecule has 1 aliphatic heterocycles. The van der Waals surface area contributed by atoms with E-state index in [4.69, 9.17) is 9.47 Å². The summed E-state index contributed by atoms with van der Waals surface area (Å²) in [6.07, 6.45) is 3.06. The second-order valence-corrected chi connectivity index (χ2v) is 5.87. The highest BCUT2D eigenvalue weighted by molar-refractivity contribution is 5.88. The highest BCUT2D eigenvalue weighted by Crippen LogP contribution is 2.26. The number of carboxylic acids is 1. The lowest BCUT2D eigenvalue weighted by molar-refractivity contribution is -0.0724.